The average Bonchev–Trinajstić information content (AvgIpc) is 2.62. The molecular formula is C20H29N3O. The maximum atomic E-state index is 12.1. The molecule has 1 saturated heterocycles. The lowest BCUT2D eigenvalue weighted by Gasteiger charge is -2.40. The number of aryl methyl sites for hydroxylation is 1. The summed E-state index contributed by atoms with van der Waals surface area (Å²) in [5, 5.41) is 0. The standard InChI is InChI=1S/C20H29N3O/c1-14(2)20(24)17-4-6-19(7-5-17)23-10-8-16(9-11-23)18-12-21-15(3)22-13-18/h12-13,16-17,19H,1,4-11H2,2-3H3. The van der Waals surface area contributed by atoms with Gasteiger partial charge in [-0.15, -0.1) is 0 Å². The number of carbonyl (C=O) groups excluding carboxylic acids is 1. The van der Waals surface area contributed by atoms with E-state index in [0.717, 1.165) is 50.2 Å². The van der Waals surface area contributed by atoms with Crippen LogP contribution in [0.3, 0.4) is 0 Å². The first kappa shape index (κ1) is 17.3. The first-order valence-corrected chi connectivity index (χ1v) is 9.27. The fourth-order valence-corrected chi connectivity index (χ4v) is 4.26. The number of hydrogen-bond acceptors (Lipinski definition) is 4. The second-order valence-electron chi connectivity index (χ2n) is 7.52. The molecule has 0 N–H and O–H groups in total. The number of ketones is 1. The summed E-state index contributed by atoms with van der Waals surface area (Å²) in [5.41, 5.74) is 2.01. The second kappa shape index (κ2) is 7.56. The minimum absolute atomic E-state index is 0.223. The maximum absolute atomic E-state index is 12.1. The lowest BCUT2D eigenvalue weighted by atomic mass is 9.80. The predicted octanol–water partition coefficient (Wildman–Crippen LogP) is 3.67. The number of aromatic nitrogens is 2. The molecule has 3 rings (SSSR count). The van der Waals surface area contributed by atoms with E-state index in [2.05, 4.69) is 21.4 Å². The largest absolute Gasteiger partial charge is 0.300 e. The Bertz CT molecular complexity index is 579. The molecule has 1 aliphatic heterocycles. The van der Waals surface area contributed by atoms with Crippen LogP contribution in [0.1, 0.15) is 62.8 Å². The molecule has 2 fully saturated rings. The monoisotopic (exact) mass is 327 g/mol. The van der Waals surface area contributed by atoms with Crippen LogP contribution in [0.5, 0.6) is 0 Å². The van der Waals surface area contributed by atoms with E-state index in [4.69, 9.17) is 0 Å². The van der Waals surface area contributed by atoms with E-state index in [-0.39, 0.29) is 11.7 Å². The van der Waals surface area contributed by atoms with Crippen molar-refractivity contribution in [2.45, 2.75) is 64.3 Å². The lowest BCUT2D eigenvalue weighted by molar-refractivity contribution is -0.120. The van der Waals surface area contributed by atoms with Crippen molar-refractivity contribution in [2.75, 3.05) is 13.1 Å². The Morgan fingerprint density at radius 3 is 2.21 bits per heavy atom. The summed E-state index contributed by atoms with van der Waals surface area (Å²) >= 11 is 0. The van der Waals surface area contributed by atoms with Crippen LogP contribution in [-0.2, 0) is 4.79 Å². The van der Waals surface area contributed by atoms with Gasteiger partial charge in [0.15, 0.2) is 5.78 Å². The first-order chi connectivity index (χ1) is 11.5. The molecule has 0 aromatic carbocycles. The van der Waals surface area contributed by atoms with Crippen molar-refractivity contribution in [1.82, 2.24) is 14.9 Å². The molecule has 4 heteroatoms. The number of rotatable bonds is 4. The zero-order chi connectivity index (χ0) is 17.1. The quantitative estimate of drug-likeness (QED) is 0.792. The highest BCUT2D eigenvalue weighted by molar-refractivity contribution is 5.96. The summed E-state index contributed by atoms with van der Waals surface area (Å²) < 4.78 is 0. The van der Waals surface area contributed by atoms with Crippen LogP contribution in [0.25, 0.3) is 0 Å². The van der Waals surface area contributed by atoms with Gasteiger partial charge in [0, 0.05) is 24.4 Å². The van der Waals surface area contributed by atoms with E-state index < -0.39 is 0 Å². The van der Waals surface area contributed by atoms with E-state index in [0.29, 0.717) is 12.0 Å². The van der Waals surface area contributed by atoms with Gasteiger partial charge < -0.3 is 4.90 Å². The highest BCUT2D eigenvalue weighted by atomic mass is 16.1. The Balaban J connectivity index is 1.48. The van der Waals surface area contributed by atoms with Crippen LogP contribution in [0.4, 0.5) is 0 Å². The van der Waals surface area contributed by atoms with Crippen molar-refractivity contribution in [2.24, 2.45) is 5.92 Å². The van der Waals surface area contributed by atoms with E-state index in [9.17, 15) is 4.79 Å². The van der Waals surface area contributed by atoms with E-state index in [1.807, 2.05) is 26.2 Å². The SMILES string of the molecule is C=C(C)C(=O)C1CCC(N2CCC(c3cnc(C)nc3)CC2)CC1. The summed E-state index contributed by atoms with van der Waals surface area (Å²) in [4.78, 5) is 23.4. The molecule has 1 saturated carbocycles. The molecular weight excluding hydrogens is 298 g/mol. The van der Waals surface area contributed by atoms with Gasteiger partial charge in [0.1, 0.15) is 5.82 Å². The van der Waals surface area contributed by atoms with Gasteiger partial charge in [0.2, 0.25) is 0 Å². The summed E-state index contributed by atoms with van der Waals surface area (Å²) in [6.45, 7) is 9.89. The Hall–Kier alpha value is -1.55. The van der Waals surface area contributed by atoms with E-state index in [1.54, 1.807) is 0 Å². The molecule has 0 bridgehead atoms. The molecule has 2 heterocycles. The van der Waals surface area contributed by atoms with Crippen LogP contribution in [0.2, 0.25) is 0 Å². The summed E-state index contributed by atoms with van der Waals surface area (Å²) in [6, 6.07) is 0.661. The Kier molecular flexibility index (Phi) is 5.44. The summed E-state index contributed by atoms with van der Waals surface area (Å²) in [7, 11) is 0. The third-order valence-electron chi connectivity index (χ3n) is 5.81. The van der Waals surface area contributed by atoms with Crippen LogP contribution < -0.4 is 0 Å². The zero-order valence-electron chi connectivity index (χ0n) is 15.0. The number of Topliss-reactive ketones (excluding diaryl/α,β-unsaturated/α-hetero) is 1. The minimum Gasteiger partial charge on any atom is -0.300 e. The van der Waals surface area contributed by atoms with Crippen LogP contribution >= 0.6 is 0 Å². The minimum atomic E-state index is 0.223. The van der Waals surface area contributed by atoms with Gasteiger partial charge in [-0.3, -0.25) is 4.79 Å². The molecule has 1 aliphatic carbocycles. The molecule has 0 radical (unpaired) electrons. The van der Waals surface area contributed by atoms with Crippen LogP contribution in [0, 0.1) is 12.8 Å². The molecule has 1 aromatic rings. The average molecular weight is 327 g/mol. The van der Waals surface area contributed by atoms with E-state index >= 15 is 0 Å². The summed E-state index contributed by atoms with van der Waals surface area (Å²) in [5.74, 6) is 1.95. The van der Waals surface area contributed by atoms with Crippen molar-refractivity contribution in [3.63, 3.8) is 0 Å². The normalized spacial score (nSPS) is 26.2. The third kappa shape index (κ3) is 3.92. The Morgan fingerprint density at radius 2 is 1.67 bits per heavy atom. The molecule has 0 spiro atoms. The van der Waals surface area contributed by atoms with E-state index in [1.165, 1.54) is 18.4 Å². The molecule has 0 atom stereocenters. The number of nitrogens with zero attached hydrogens (tertiary/aromatic N) is 3. The zero-order valence-corrected chi connectivity index (χ0v) is 15.0. The van der Waals surface area contributed by atoms with Crippen LogP contribution in [0.15, 0.2) is 24.5 Å². The number of carbonyl (C=O) groups is 1. The van der Waals surface area contributed by atoms with Crippen molar-refractivity contribution in [1.29, 1.82) is 0 Å². The summed E-state index contributed by atoms with van der Waals surface area (Å²) in [6.07, 6.45) is 10.7. The molecule has 1 aromatic heterocycles. The Morgan fingerprint density at radius 1 is 1.08 bits per heavy atom. The van der Waals surface area contributed by atoms with Crippen molar-refractivity contribution >= 4 is 5.78 Å². The smallest absolute Gasteiger partial charge is 0.161 e. The molecule has 0 unspecified atom stereocenters. The number of allylic oxidation sites excluding steroid dienone is 1. The fourth-order valence-electron chi connectivity index (χ4n) is 4.26. The van der Waals surface area contributed by atoms with Gasteiger partial charge in [0.25, 0.3) is 0 Å². The van der Waals surface area contributed by atoms with Crippen molar-refractivity contribution in [3.8, 4) is 0 Å². The van der Waals surface area contributed by atoms with Gasteiger partial charge in [0.05, 0.1) is 0 Å². The molecule has 2 aliphatic rings. The van der Waals surface area contributed by atoms with Gasteiger partial charge in [-0.05, 0) is 82.5 Å². The lowest BCUT2D eigenvalue weighted by Crippen LogP contribution is -2.43. The molecule has 0 amide bonds. The first-order valence-electron chi connectivity index (χ1n) is 9.27. The highest BCUT2D eigenvalue weighted by Gasteiger charge is 2.31. The number of likely N-dealkylation sites (tertiary alicyclic amines) is 1. The molecule has 4 nitrogen and oxygen atoms in total. The molecule has 24 heavy (non-hydrogen) atoms. The second-order valence-corrected chi connectivity index (χ2v) is 7.52. The fraction of sp³-hybridized carbons (Fsp3) is 0.650. The molecule has 130 valence electrons. The third-order valence-corrected chi connectivity index (χ3v) is 5.81. The van der Waals surface area contributed by atoms with Crippen molar-refractivity contribution in [3.05, 3.63) is 35.9 Å². The van der Waals surface area contributed by atoms with Gasteiger partial charge in [-0.25, -0.2) is 9.97 Å². The number of piperidine rings is 1. The van der Waals surface area contributed by atoms with Gasteiger partial charge in [-0.1, -0.05) is 6.58 Å². The predicted molar refractivity (Wildman–Crippen MR) is 95.9 cm³/mol. The van der Waals surface area contributed by atoms with Crippen molar-refractivity contribution < 1.29 is 4.79 Å². The van der Waals surface area contributed by atoms with Crippen LogP contribution in [-0.4, -0.2) is 39.8 Å². The highest BCUT2D eigenvalue weighted by Crippen LogP contribution is 2.34. The number of hydrogen-bond donors (Lipinski definition) is 0. The van der Waals surface area contributed by atoms with Gasteiger partial charge >= 0.3 is 0 Å². The van der Waals surface area contributed by atoms with Gasteiger partial charge in [-0.2, -0.15) is 0 Å². The maximum Gasteiger partial charge on any atom is 0.161 e. The topological polar surface area (TPSA) is 46.1 Å². The Labute approximate surface area is 145 Å².